The maximum Gasteiger partial charge on any atom is 0.335 e. The fourth-order valence-electron chi connectivity index (χ4n) is 1.37. The molecule has 0 aliphatic rings. The number of halogens is 1. The number of carboxylic acid groups (broad SMARTS) is 1. The number of aromatic carboxylic acids is 1. The summed E-state index contributed by atoms with van der Waals surface area (Å²) in [7, 11) is 0. The van der Waals surface area contributed by atoms with E-state index in [1.165, 1.54) is 6.07 Å². The summed E-state index contributed by atoms with van der Waals surface area (Å²) in [5, 5.41) is 8.94. The number of rotatable bonds is 3. The van der Waals surface area contributed by atoms with Crippen LogP contribution in [-0.2, 0) is 0 Å². The van der Waals surface area contributed by atoms with Crippen LogP contribution in [0, 0.1) is 3.57 Å². The molecule has 0 fully saturated rings. The van der Waals surface area contributed by atoms with Crippen LogP contribution in [-0.4, -0.2) is 11.1 Å². The lowest BCUT2D eigenvalue weighted by Crippen LogP contribution is -1.97. The van der Waals surface area contributed by atoms with Crippen LogP contribution in [0.1, 0.15) is 10.4 Å². The number of carboxylic acids is 1. The Morgan fingerprint density at radius 1 is 1.06 bits per heavy atom. The molecule has 0 aromatic heterocycles. The zero-order valence-electron chi connectivity index (χ0n) is 8.76. The Balaban J connectivity index is 2.30. The quantitative estimate of drug-likeness (QED) is 0.865. The van der Waals surface area contributed by atoms with E-state index >= 15 is 0 Å². The maximum atomic E-state index is 10.9. The van der Waals surface area contributed by atoms with Crippen LogP contribution < -0.4 is 4.74 Å². The van der Waals surface area contributed by atoms with Gasteiger partial charge in [0.15, 0.2) is 0 Å². The van der Waals surface area contributed by atoms with Gasteiger partial charge in [-0.25, -0.2) is 4.79 Å². The second-order valence-electron chi connectivity index (χ2n) is 3.40. The van der Waals surface area contributed by atoms with Crippen molar-refractivity contribution < 1.29 is 14.6 Å². The standard InChI is InChI=1S/C13H9IO3/c14-10-6-9(13(15)16)7-12(8-10)17-11-4-2-1-3-5-11/h1-8H,(H,15,16). The van der Waals surface area contributed by atoms with Crippen molar-refractivity contribution in [1.29, 1.82) is 0 Å². The lowest BCUT2D eigenvalue weighted by Gasteiger charge is -2.07. The molecule has 2 rings (SSSR count). The molecule has 4 heteroatoms. The molecular formula is C13H9IO3. The van der Waals surface area contributed by atoms with Gasteiger partial charge in [0.05, 0.1) is 5.56 Å². The number of hydrogen-bond acceptors (Lipinski definition) is 2. The molecule has 0 aliphatic heterocycles. The molecule has 1 N–H and O–H groups in total. The highest BCUT2D eigenvalue weighted by atomic mass is 127. The summed E-state index contributed by atoms with van der Waals surface area (Å²) in [5.41, 5.74) is 0.225. The molecule has 0 amide bonds. The number of hydrogen-bond donors (Lipinski definition) is 1. The third-order valence-corrected chi connectivity index (χ3v) is 2.72. The fourth-order valence-corrected chi connectivity index (χ4v) is 2.01. The fraction of sp³-hybridized carbons (Fsp3) is 0. The Labute approximate surface area is 112 Å². The Bertz CT molecular complexity index is 538. The number of benzene rings is 2. The first-order valence-corrected chi connectivity index (χ1v) is 6.00. The predicted octanol–water partition coefficient (Wildman–Crippen LogP) is 3.78. The summed E-state index contributed by atoms with van der Waals surface area (Å²) in [4.78, 5) is 10.9. The summed E-state index contributed by atoms with van der Waals surface area (Å²) in [6.45, 7) is 0. The lowest BCUT2D eigenvalue weighted by molar-refractivity contribution is 0.0696. The van der Waals surface area contributed by atoms with Crippen molar-refractivity contribution in [3.8, 4) is 11.5 Å². The largest absolute Gasteiger partial charge is 0.478 e. The van der Waals surface area contributed by atoms with Crippen molar-refractivity contribution in [2.45, 2.75) is 0 Å². The van der Waals surface area contributed by atoms with E-state index in [4.69, 9.17) is 9.84 Å². The Hall–Kier alpha value is -1.56. The summed E-state index contributed by atoms with van der Waals surface area (Å²) < 4.78 is 6.41. The van der Waals surface area contributed by atoms with Crippen LogP contribution in [0.15, 0.2) is 48.5 Å². The molecule has 0 heterocycles. The SMILES string of the molecule is O=C(O)c1cc(I)cc(Oc2ccccc2)c1. The first-order valence-electron chi connectivity index (χ1n) is 4.92. The van der Waals surface area contributed by atoms with Crippen LogP contribution in [0.3, 0.4) is 0 Å². The van der Waals surface area contributed by atoms with Gasteiger partial charge in [-0.05, 0) is 52.9 Å². The zero-order valence-corrected chi connectivity index (χ0v) is 10.9. The van der Waals surface area contributed by atoms with Crippen molar-refractivity contribution in [2.75, 3.05) is 0 Å². The minimum Gasteiger partial charge on any atom is -0.478 e. The van der Waals surface area contributed by atoms with E-state index in [1.807, 2.05) is 30.3 Å². The van der Waals surface area contributed by atoms with Crippen LogP contribution in [0.4, 0.5) is 0 Å². The molecule has 2 aromatic carbocycles. The van der Waals surface area contributed by atoms with E-state index in [0.717, 1.165) is 3.57 Å². The zero-order chi connectivity index (χ0) is 12.3. The summed E-state index contributed by atoms with van der Waals surface area (Å²) >= 11 is 2.06. The first kappa shape index (κ1) is 11.9. The summed E-state index contributed by atoms with van der Waals surface area (Å²) in [6, 6.07) is 14.2. The van der Waals surface area contributed by atoms with E-state index in [0.29, 0.717) is 11.5 Å². The van der Waals surface area contributed by atoms with Gasteiger partial charge in [0.25, 0.3) is 0 Å². The van der Waals surface area contributed by atoms with Gasteiger partial charge in [-0.2, -0.15) is 0 Å². The number of para-hydroxylation sites is 1. The third kappa shape index (κ3) is 3.20. The molecule has 86 valence electrons. The van der Waals surface area contributed by atoms with Crippen LogP contribution in [0.25, 0.3) is 0 Å². The summed E-state index contributed by atoms with van der Waals surface area (Å²) in [5.74, 6) is 0.257. The molecule has 0 atom stereocenters. The predicted molar refractivity (Wildman–Crippen MR) is 72.6 cm³/mol. The molecule has 0 unspecified atom stereocenters. The van der Waals surface area contributed by atoms with Crippen LogP contribution in [0.5, 0.6) is 11.5 Å². The Kier molecular flexibility index (Phi) is 3.63. The van der Waals surface area contributed by atoms with Gasteiger partial charge >= 0.3 is 5.97 Å². The van der Waals surface area contributed by atoms with Crippen LogP contribution in [0.2, 0.25) is 0 Å². The van der Waals surface area contributed by atoms with E-state index in [2.05, 4.69) is 22.6 Å². The van der Waals surface area contributed by atoms with Gasteiger partial charge in [0.1, 0.15) is 11.5 Å². The van der Waals surface area contributed by atoms with Crippen molar-refractivity contribution in [2.24, 2.45) is 0 Å². The van der Waals surface area contributed by atoms with E-state index < -0.39 is 5.97 Å². The van der Waals surface area contributed by atoms with Gasteiger partial charge in [-0.1, -0.05) is 18.2 Å². The van der Waals surface area contributed by atoms with E-state index in [1.54, 1.807) is 12.1 Å². The maximum absolute atomic E-state index is 10.9. The molecule has 0 saturated heterocycles. The molecule has 0 spiro atoms. The van der Waals surface area contributed by atoms with Crippen molar-refractivity contribution >= 4 is 28.6 Å². The topological polar surface area (TPSA) is 46.5 Å². The third-order valence-electron chi connectivity index (χ3n) is 2.10. The van der Waals surface area contributed by atoms with Gasteiger partial charge in [-0.15, -0.1) is 0 Å². The molecular weight excluding hydrogens is 331 g/mol. The molecule has 3 nitrogen and oxygen atoms in total. The second-order valence-corrected chi connectivity index (χ2v) is 4.64. The second kappa shape index (κ2) is 5.18. The molecule has 17 heavy (non-hydrogen) atoms. The van der Waals surface area contributed by atoms with Gasteiger partial charge < -0.3 is 9.84 Å². The minimum atomic E-state index is -0.957. The van der Waals surface area contributed by atoms with Gasteiger partial charge in [0.2, 0.25) is 0 Å². The molecule has 0 radical (unpaired) electrons. The summed E-state index contributed by atoms with van der Waals surface area (Å²) in [6.07, 6.45) is 0. The molecule has 0 saturated carbocycles. The molecule has 0 aliphatic carbocycles. The number of carbonyl (C=O) groups is 1. The lowest BCUT2D eigenvalue weighted by atomic mass is 10.2. The normalized spacial score (nSPS) is 9.94. The highest BCUT2D eigenvalue weighted by Crippen LogP contribution is 2.24. The highest BCUT2D eigenvalue weighted by Gasteiger charge is 2.07. The minimum absolute atomic E-state index is 0.225. The van der Waals surface area contributed by atoms with E-state index in [9.17, 15) is 4.79 Å². The van der Waals surface area contributed by atoms with Crippen LogP contribution >= 0.6 is 22.6 Å². The average molecular weight is 340 g/mol. The molecule has 2 aromatic rings. The highest BCUT2D eigenvalue weighted by molar-refractivity contribution is 14.1. The molecule has 0 bridgehead atoms. The van der Waals surface area contributed by atoms with Gasteiger partial charge in [0, 0.05) is 3.57 Å². The van der Waals surface area contributed by atoms with Crippen molar-refractivity contribution in [1.82, 2.24) is 0 Å². The average Bonchev–Trinajstić information content (AvgIpc) is 2.29. The monoisotopic (exact) mass is 340 g/mol. The van der Waals surface area contributed by atoms with Crippen molar-refractivity contribution in [3.63, 3.8) is 0 Å². The Morgan fingerprint density at radius 2 is 1.76 bits per heavy atom. The first-order chi connectivity index (χ1) is 8.15. The smallest absolute Gasteiger partial charge is 0.335 e. The number of ether oxygens (including phenoxy) is 1. The van der Waals surface area contributed by atoms with Gasteiger partial charge in [-0.3, -0.25) is 0 Å². The van der Waals surface area contributed by atoms with Crippen molar-refractivity contribution in [3.05, 3.63) is 57.7 Å². The van der Waals surface area contributed by atoms with E-state index in [-0.39, 0.29) is 5.56 Å². The Morgan fingerprint density at radius 3 is 2.41 bits per heavy atom.